The van der Waals surface area contributed by atoms with Gasteiger partial charge in [-0.2, -0.15) is 5.10 Å². The topological polar surface area (TPSA) is 74.2 Å². The molecule has 0 fully saturated rings. The van der Waals surface area contributed by atoms with Crippen molar-refractivity contribution in [2.45, 2.75) is 13.5 Å². The second-order valence-electron chi connectivity index (χ2n) is 2.23. The van der Waals surface area contributed by atoms with Gasteiger partial charge in [-0.15, -0.1) is 24.8 Å². The highest BCUT2D eigenvalue weighted by Crippen LogP contribution is 1.92. The Hall–Kier alpha value is -0.360. The van der Waals surface area contributed by atoms with Crippen LogP contribution in [-0.2, 0) is 13.6 Å². The van der Waals surface area contributed by atoms with Crippen LogP contribution >= 0.6 is 24.8 Å². The van der Waals surface area contributed by atoms with E-state index in [0.717, 1.165) is 18.2 Å². The fraction of sp³-hybridized carbons (Fsp3) is 0.667. The summed E-state index contributed by atoms with van der Waals surface area (Å²) in [6.45, 7) is 2.66. The molecule has 0 spiro atoms. The molecule has 1 heterocycles. The molecule has 0 unspecified atom stereocenters. The number of halogens is 2. The molecule has 0 saturated heterocycles. The molecule has 1 aromatic rings. The minimum atomic E-state index is 0. The summed E-state index contributed by atoms with van der Waals surface area (Å²) in [5.74, 6) is 1.80. The Morgan fingerprint density at radius 1 is 1.38 bits per heavy atom. The van der Waals surface area contributed by atoms with Gasteiger partial charge in [0.15, 0.2) is 0 Å². The van der Waals surface area contributed by atoms with Crippen LogP contribution in [-0.4, -0.2) is 27.3 Å². The van der Waals surface area contributed by atoms with Gasteiger partial charge in [0.2, 0.25) is 0 Å². The summed E-state index contributed by atoms with van der Waals surface area (Å²) in [5.41, 5.74) is 0. The van der Waals surface area contributed by atoms with Crippen LogP contribution in [0.2, 0.25) is 0 Å². The summed E-state index contributed by atoms with van der Waals surface area (Å²) in [5, 5.41) is 7.11. The van der Waals surface area contributed by atoms with Crippen LogP contribution in [0, 0.1) is 6.92 Å². The standard InChI is InChI=1S/C6H12N4.2ClH.H2O/c1-5-8-6(4-7-2)10(3)9-5;;;/h7H,4H2,1-3H3;2*1H;1H2. The maximum absolute atomic E-state index is 4.19. The highest BCUT2D eigenvalue weighted by atomic mass is 35.5. The Labute approximate surface area is 90.1 Å². The lowest BCUT2D eigenvalue weighted by Gasteiger charge is -1.95. The van der Waals surface area contributed by atoms with E-state index in [9.17, 15) is 0 Å². The van der Waals surface area contributed by atoms with Gasteiger partial charge in [0, 0.05) is 7.05 Å². The summed E-state index contributed by atoms with van der Waals surface area (Å²) in [7, 11) is 3.79. The summed E-state index contributed by atoms with van der Waals surface area (Å²) in [6, 6.07) is 0. The van der Waals surface area contributed by atoms with E-state index in [1.165, 1.54) is 0 Å². The average molecular weight is 231 g/mol. The first-order chi connectivity index (χ1) is 4.74. The van der Waals surface area contributed by atoms with Gasteiger partial charge < -0.3 is 10.8 Å². The van der Waals surface area contributed by atoms with Crippen molar-refractivity contribution in [1.82, 2.24) is 20.1 Å². The third-order valence-electron chi connectivity index (χ3n) is 1.29. The zero-order valence-electron chi connectivity index (χ0n) is 7.87. The minimum absolute atomic E-state index is 0. The lowest BCUT2D eigenvalue weighted by molar-refractivity contribution is 0.658. The van der Waals surface area contributed by atoms with Crippen molar-refractivity contribution in [3.05, 3.63) is 11.6 Å². The fourth-order valence-corrected chi connectivity index (χ4v) is 0.868. The Kier molecular flexibility index (Phi) is 11.7. The molecule has 80 valence electrons. The molecule has 0 radical (unpaired) electrons. The number of aromatic nitrogens is 3. The molecule has 13 heavy (non-hydrogen) atoms. The number of hydrogen-bond acceptors (Lipinski definition) is 3. The minimum Gasteiger partial charge on any atom is -0.412 e. The maximum atomic E-state index is 4.19. The van der Waals surface area contributed by atoms with E-state index >= 15 is 0 Å². The van der Waals surface area contributed by atoms with Crippen LogP contribution in [0.4, 0.5) is 0 Å². The third kappa shape index (κ3) is 5.05. The first kappa shape index (κ1) is 18.4. The van der Waals surface area contributed by atoms with E-state index in [1.807, 2.05) is 21.0 Å². The molecule has 7 heteroatoms. The third-order valence-corrected chi connectivity index (χ3v) is 1.29. The van der Waals surface area contributed by atoms with Gasteiger partial charge in [-0.1, -0.05) is 0 Å². The largest absolute Gasteiger partial charge is 0.412 e. The zero-order valence-corrected chi connectivity index (χ0v) is 9.50. The molecule has 1 aromatic heterocycles. The number of hydrogen-bond donors (Lipinski definition) is 1. The Morgan fingerprint density at radius 2 is 1.92 bits per heavy atom. The summed E-state index contributed by atoms with van der Waals surface area (Å²) < 4.78 is 1.78. The predicted octanol–water partition coefficient (Wildman–Crippen LogP) is -0.138. The van der Waals surface area contributed by atoms with Gasteiger partial charge in [0.25, 0.3) is 0 Å². The van der Waals surface area contributed by atoms with Gasteiger partial charge in [-0.05, 0) is 14.0 Å². The molecule has 0 aliphatic heterocycles. The van der Waals surface area contributed by atoms with Crippen LogP contribution in [0.5, 0.6) is 0 Å². The van der Waals surface area contributed by atoms with Crippen molar-refractivity contribution in [2.75, 3.05) is 7.05 Å². The average Bonchev–Trinajstić information content (AvgIpc) is 2.13. The Balaban J connectivity index is -0.000000333. The lowest BCUT2D eigenvalue weighted by atomic mass is 10.6. The van der Waals surface area contributed by atoms with Crippen molar-refractivity contribution in [3.8, 4) is 0 Å². The van der Waals surface area contributed by atoms with Crippen molar-refractivity contribution in [1.29, 1.82) is 0 Å². The second-order valence-corrected chi connectivity index (χ2v) is 2.23. The Morgan fingerprint density at radius 3 is 2.23 bits per heavy atom. The highest BCUT2D eigenvalue weighted by Gasteiger charge is 1.99. The molecule has 3 N–H and O–H groups in total. The normalized spacial score (nSPS) is 7.92. The van der Waals surface area contributed by atoms with Crippen molar-refractivity contribution < 1.29 is 5.48 Å². The van der Waals surface area contributed by atoms with Gasteiger partial charge in [-0.3, -0.25) is 4.68 Å². The molecule has 0 aliphatic rings. The van der Waals surface area contributed by atoms with Crippen LogP contribution in [0.25, 0.3) is 0 Å². The van der Waals surface area contributed by atoms with E-state index in [0.29, 0.717) is 0 Å². The summed E-state index contributed by atoms with van der Waals surface area (Å²) in [6.07, 6.45) is 0. The van der Waals surface area contributed by atoms with Gasteiger partial charge in [0.1, 0.15) is 11.6 Å². The quantitative estimate of drug-likeness (QED) is 0.769. The van der Waals surface area contributed by atoms with E-state index in [4.69, 9.17) is 0 Å². The van der Waals surface area contributed by atoms with E-state index in [2.05, 4.69) is 15.4 Å². The molecule has 1 rings (SSSR count). The van der Waals surface area contributed by atoms with Crippen LogP contribution in [0.3, 0.4) is 0 Å². The molecule has 0 aliphatic carbocycles. The van der Waals surface area contributed by atoms with Crippen molar-refractivity contribution in [2.24, 2.45) is 7.05 Å². The Bertz CT molecular complexity index is 228. The molecule has 0 saturated carbocycles. The van der Waals surface area contributed by atoms with Gasteiger partial charge in [0.05, 0.1) is 6.54 Å². The predicted molar refractivity (Wildman–Crippen MR) is 56.6 cm³/mol. The first-order valence-electron chi connectivity index (χ1n) is 3.25. The number of nitrogens with zero attached hydrogens (tertiary/aromatic N) is 3. The molecule has 5 nitrogen and oxygen atoms in total. The number of nitrogens with one attached hydrogen (secondary N) is 1. The van der Waals surface area contributed by atoms with Crippen LogP contribution < -0.4 is 5.32 Å². The molecule has 0 atom stereocenters. The SMILES string of the molecule is CNCc1nc(C)nn1C.Cl.Cl.O. The van der Waals surface area contributed by atoms with Crippen LogP contribution in [0.15, 0.2) is 0 Å². The van der Waals surface area contributed by atoms with E-state index in [-0.39, 0.29) is 30.3 Å². The monoisotopic (exact) mass is 230 g/mol. The maximum Gasteiger partial charge on any atom is 0.147 e. The second kappa shape index (κ2) is 8.25. The highest BCUT2D eigenvalue weighted by molar-refractivity contribution is 5.85. The lowest BCUT2D eigenvalue weighted by Crippen LogP contribution is -2.10. The van der Waals surface area contributed by atoms with Gasteiger partial charge >= 0.3 is 0 Å². The van der Waals surface area contributed by atoms with E-state index in [1.54, 1.807) is 4.68 Å². The van der Waals surface area contributed by atoms with Crippen molar-refractivity contribution >= 4 is 24.8 Å². The molecular weight excluding hydrogens is 215 g/mol. The molecule has 0 amide bonds. The van der Waals surface area contributed by atoms with E-state index < -0.39 is 0 Å². The first-order valence-corrected chi connectivity index (χ1v) is 3.25. The zero-order chi connectivity index (χ0) is 7.56. The summed E-state index contributed by atoms with van der Waals surface area (Å²) in [4.78, 5) is 4.19. The van der Waals surface area contributed by atoms with Gasteiger partial charge in [-0.25, -0.2) is 4.98 Å². The fourth-order valence-electron chi connectivity index (χ4n) is 0.868. The smallest absolute Gasteiger partial charge is 0.147 e. The summed E-state index contributed by atoms with van der Waals surface area (Å²) >= 11 is 0. The molecular formula is C6H16Cl2N4O. The number of rotatable bonds is 2. The van der Waals surface area contributed by atoms with Crippen molar-refractivity contribution in [3.63, 3.8) is 0 Å². The molecule has 0 bridgehead atoms. The number of aryl methyl sites for hydroxylation is 2. The van der Waals surface area contributed by atoms with Crippen LogP contribution in [0.1, 0.15) is 11.6 Å². The molecule has 0 aromatic carbocycles.